The van der Waals surface area contributed by atoms with Crippen LogP contribution in [0.4, 0.5) is 0 Å². The molecule has 0 aliphatic rings. The van der Waals surface area contributed by atoms with Crippen LogP contribution >= 0.6 is 0 Å². The van der Waals surface area contributed by atoms with E-state index < -0.39 is 0 Å². The van der Waals surface area contributed by atoms with Gasteiger partial charge in [-0.3, -0.25) is 0 Å². The van der Waals surface area contributed by atoms with Crippen molar-refractivity contribution in [3.63, 3.8) is 0 Å². The highest BCUT2D eigenvalue weighted by atomic mass is 15.2. The Bertz CT molecular complexity index is 425. The van der Waals surface area contributed by atoms with E-state index >= 15 is 0 Å². The molecule has 0 radical (unpaired) electrons. The summed E-state index contributed by atoms with van der Waals surface area (Å²) in [6, 6.07) is 9.60. The summed E-state index contributed by atoms with van der Waals surface area (Å²) in [6.45, 7) is 8.88. The summed E-state index contributed by atoms with van der Waals surface area (Å²) in [5.74, 6) is 0. The van der Waals surface area contributed by atoms with Gasteiger partial charge in [0.15, 0.2) is 11.0 Å². The predicted octanol–water partition coefficient (Wildman–Crippen LogP) is 3.54. The zero-order valence-electron chi connectivity index (χ0n) is 10.9. The molecule has 2 aromatic rings. The first-order valence-corrected chi connectivity index (χ1v) is 5.62. The van der Waals surface area contributed by atoms with E-state index in [2.05, 4.69) is 67.4 Å². The van der Waals surface area contributed by atoms with Crippen LogP contribution in [0.1, 0.15) is 39.8 Å². The maximum absolute atomic E-state index is 2.33. The maximum atomic E-state index is 2.33. The molecule has 0 aliphatic heterocycles. The lowest BCUT2D eigenvalue weighted by Crippen LogP contribution is -2.34. The van der Waals surface area contributed by atoms with Gasteiger partial charge in [-0.2, -0.15) is 0 Å². The van der Waals surface area contributed by atoms with Crippen molar-refractivity contribution in [2.24, 2.45) is 0 Å². The van der Waals surface area contributed by atoms with Gasteiger partial charge in [0.2, 0.25) is 6.33 Å². The third-order valence-electron chi connectivity index (χ3n) is 2.80. The van der Waals surface area contributed by atoms with Crippen molar-refractivity contribution in [3.05, 3.63) is 38.0 Å². The summed E-state index contributed by atoms with van der Waals surface area (Å²) in [6.07, 6.45) is 2.22. The Morgan fingerprint density at radius 3 is 2.25 bits per heavy atom. The first kappa shape index (κ1) is 12.8. The molecule has 0 unspecified atom stereocenters. The number of hydrogen-bond acceptors (Lipinski definition) is 0. The van der Waals surface area contributed by atoms with Gasteiger partial charge in [-0.25, -0.2) is 9.13 Å². The van der Waals surface area contributed by atoms with Crippen LogP contribution < -0.4 is 4.57 Å². The monoisotopic (exact) mass is 218 g/mol. The molecule has 2 nitrogen and oxygen atoms in total. The van der Waals surface area contributed by atoms with Crippen molar-refractivity contribution in [2.75, 3.05) is 0 Å². The lowest BCUT2D eigenvalue weighted by molar-refractivity contribution is -0.692. The number of imidazole rings is 1. The van der Waals surface area contributed by atoms with Crippen LogP contribution in [-0.2, 0) is 0 Å². The summed E-state index contributed by atoms with van der Waals surface area (Å²) in [4.78, 5) is 0. The molecule has 0 saturated heterocycles. The molecule has 16 heavy (non-hydrogen) atoms. The van der Waals surface area contributed by atoms with Crippen LogP contribution in [-0.4, -0.2) is 4.57 Å². The van der Waals surface area contributed by atoms with E-state index in [4.69, 9.17) is 0 Å². The van der Waals surface area contributed by atoms with Gasteiger partial charge < -0.3 is 7.43 Å². The van der Waals surface area contributed by atoms with E-state index in [1.807, 2.05) is 0 Å². The zero-order valence-corrected chi connectivity index (χ0v) is 10.9. The Morgan fingerprint density at radius 2 is 1.69 bits per heavy atom. The molecule has 0 atom stereocenters. The highest BCUT2D eigenvalue weighted by molar-refractivity contribution is 5.71. The SMILES string of the molecule is CC(C)n1c[n+](C(C)C)c2ccccc21.[CH3-]. The van der Waals surface area contributed by atoms with Crippen LogP contribution in [0.2, 0.25) is 0 Å². The second-order valence-corrected chi connectivity index (χ2v) is 4.61. The van der Waals surface area contributed by atoms with E-state index in [1.54, 1.807) is 0 Å². The Morgan fingerprint density at radius 1 is 1.06 bits per heavy atom. The van der Waals surface area contributed by atoms with Gasteiger partial charge in [0.1, 0.15) is 0 Å². The fourth-order valence-corrected chi connectivity index (χ4v) is 1.98. The summed E-state index contributed by atoms with van der Waals surface area (Å²) < 4.78 is 4.66. The lowest BCUT2D eigenvalue weighted by atomic mass is 10.3. The molecule has 88 valence electrons. The second kappa shape index (κ2) is 4.69. The van der Waals surface area contributed by atoms with Crippen molar-refractivity contribution in [2.45, 2.75) is 39.8 Å². The summed E-state index contributed by atoms with van der Waals surface area (Å²) in [5, 5.41) is 0. The molecular formula is C14H22N2. The number of benzene rings is 1. The molecule has 0 aliphatic carbocycles. The molecule has 1 heterocycles. The second-order valence-electron chi connectivity index (χ2n) is 4.61. The molecule has 0 amide bonds. The minimum atomic E-state index is 0. The molecule has 0 saturated carbocycles. The summed E-state index contributed by atoms with van der Waals surface area (Å²) >= 11 is 0. The molecule has 0 spiro atoms. The van der Waals surface area contributed by atoms with E-state index in [9.17, 15) is 0 Å². The van der Waals surface area contributed by atoms with E-state index in [0.29, 0.717) is 12.1 Å². The third kappa shape index (κ3) is 1.97. The molecular weight excluding hydrogens is 196 g/mol. The van der Waals surface area contributed by atoms with Gasteiger partial charge >= 0.3 is 0 Å². The van der Waals surface area contributed by atoms with Gasteiger partial charge in [0.05, 0.1) is 12.1 Å². The lowest BCUT2D eigenvalue weighted by Gasteiger charge is -2.00. The molecule has 0 bridgehead atoms. The van der Waals surface area contributed by atoms with Gasteiger partial charge in [-0.05, 0) is 39.8 Å². The highest BCUT2D eigenvalue weighted by Gasteiger charge is 2.18. The quantitative estimate of drug-likeness (QED) is 0.538. The van der Waals surface area contributed by atoms with Crippen molar-refractivity contribution < 1.29 is 4.57 Å². The van der Waals surface area contributed by atoms with Gasteiger partial charge in [0.25, 0.3) is 0 Å². The predicted molar refractivity (Wildman–Crippen MR) is 69.3 cm³/mol. The normalized spacial score (nSPS) is 11.1. The molecule has 0 N–H and O–H groups in total. The van der Waals surface area contributed by atoms with E-state index in [0.717, 1.165) is 0 Å². The van der Waals surface area contributed by atoms with Crippen LogP contribution in [0.5, 0.6) is 0 Å². The zero-order chi connectivity index (χ0) is 11.0. The minimum Gasteiger partial charge on any atom is -0.358 e. The Kier molecular flexibility index (Phi) is 3.74. The number of aromatic nitrogens is 2. The van der Waals surface area contributed by atoms with Crippen LogP contribution in [0, 0.1) is 7.43 Å². The first-order chi connectivity index (χ1) is 7.11. The largest absolute Gasteiger partial charge is 0.358 e. The smallest absolute Gasteiger partial charge is 0.245 e. The highest BCUT2D eigenvalue weighted by Crippen LogP contribution is 2.17. The van der Waals surface area contributed by atoms with Crippen LogP contribution in [0.3, 0.4) is 0 Å². The number of hydrogen-bond donors (Lipinski definition) is 0. The number of fused-ring (bicyclic) bond motifs is 1. The van der Waals surface area contributed by atoms with Gasteiger partial charge in [0, 0.05) is 0 Å². The molecule has 2 rings (SSSR count). The van der Waals surface area contributed by atoms with Crippen LogP contribution in [0.15, 0.2) is 30.6 Å². The number of nitrogens with zero attached hydrogens (tertiary/aromatic N) is 2. The summed E-state index contributed by atoms with van der Waals surface area (Å²) in [7, 11) is 0. The first-order valence-electron chi connectivity index (χ1n) is 5.62. The summed E-state index contributed by atoms with van der Waals surface area (Å²) in [5.41, 5.74) is 2.64. The number of rotatable bonds is 2. The Balaban J connectivity index is 0.00000128. The van der Waals surface area contributed by atoms with Crippen molar-refractivity contribution >= 4 is 11.0 Å². The molecule has 0 fully saturated rings. The fourth-order valence-electron chi connectivity index (χ4n) is 1.98. The van der Waals surface area contributed by atoms with E-state index in [1.165, 1.54) is 11.0 Å². The Hall–Kier alpha value is -1.31. The van der Waals surface area contributed by atoms with Crippen LogP contribution in [0.25, 0.3) is 11.0 Å². The minimum absolute atomic E-state index is 0. The van der Waals surface area contributed by atoms with Gasteiger partial charge in [-0.15, -0.1) is 0 Å². The standard InChI is InChI=1S/C13H19N2.CH3/c1-10(2)14-9-15(11(3)4)13-8-6-5-7-12(13)14;/h5-11H,1-4H3;1H3/q+1;-1. The Labute approximate surface area is 98.5 Å². The molecule has 2 heteroatoms. The average molecular weight is 218 g/mol. The maximum Gasteiger partial charge on any atom is 0.245 e. The fraction of sp³-hybridized carbons (Fsp3) is 0.429. The third-order valence-corrected chi connectivity index (χ3v) is 2.80. The van der Waals surface area contributed by atoms with Crippen molar-refractivity contribution in [1.82, 2.24) is 4.57 Å². The van der Waals surface area contributed by atoms with Gasteiger partial charge in [-0.1, -0.05) is 12.1 Å². The topological polar surface area (TPSA) is 8.81 Å². The molecule has 1 aromatic carbocycles. The van der Waals surface area contributed by atoms with Crippen molar-refractivity contribution in [3.8, 4) is 0 Å². The number of para-hydroxylation sites is 2. The van der Waals surface area contributed by atoms with Crippen molar-refractivity contribution in [1.29, 1.82) is 0 Å². The van der Waals surface area contributed by atoms with E-state index in [-0.39, 0.29) is 7.43 Å². The average Bonchev–Trinajstić information content (AvgIpc) is 2.56. The molecule has 1 aromatic heterocycles.